The molecule has 1 aromatic carbocycles. The van der Waals surface area contributed by atoms with Crippen molar-refractivity contribution in [3.05, 3.63) is 39.9 Å². The Hall–Kier alpha value is -1.62. The Bertz CT molecular complexity index is 487. The van der Waals surface area contributed by atoms with Gasteiger partial charge < -0.3 is 4.90 Å². The number of non-ortho nitro benzene ring substituents is 1. The van der Waals surface area contributed by atoms with E-state index in [0.717, 1.165) is 5.56 Å². The molecule has 96 valence electrons. The van der Waals surface area contributed by atoms with Gasteiger partial charge in [0, 0.05) is 18.2 Å². The van der Waals surface area contributed by atoms with Crippen LogP contribution >= 0.6 is 11.6 Å². The number of β-lactam (4-membered cyclic amide) rings is 1. The van der Waals surface area contributed by atoms with Crippen LogP contribution in [0.15, 0.2) is 24.3 Å². The Morgan fingerprint density at radius 3 is 2.33 bits per heavy atom. The van der Waals surface area contributed by atoms with E-state index < -0.39 is 10.3 Å². The molecule has 1 aliphatic heterocycles. The largest absolute Gasteiger partial charge is 0.330 e. The van der Waals surface area contributed by atoms with Gasteiger partial charge in [0.15, 0.2) is 0 Å². The van der Waals surface area contributed by atoms with Gasteiger partial charge in [-0.05, 0) is 19.4 Å². The van der Waals surface area contributed by atoms with Gasteiger partial charge in [0.05, 0.1) is 11.0 Å². The van der Waals surface area contributed by atoms with Crippen LogP contribution in [-0.4, -0.2) is 27.1 Å². The molecule has 0 saturated carbocycles. The zero-order valence-corrected chi connectivity index (χ0v) is 10.8. The number of nitrogens with zero attached hydrogens (tertiary/aromatic N) is 2. The Labute approximate surface area is 109 Å². The number of likely N-dealkylation sites (tertiary alicyclic amines) is 1. The molecule has 18 heavy (non-hydrogen) atoms. The maximum absolute atomic E-state index is 11.6. The molecule has 0 N–H and O–H groups in total. The summed E-state index contributed by atoms with van der Waals surface area (Å²) >= 11 is 6.02. The fourth-order valence-corrected chi connectivity index (χ4v) is 2.55. The van der Waals surface area contributed by atoms with Gasteiger partial charge in [-0.2, -0.15) is 0 Å². The molecular weight excluding hydrogens is 256 g/mol. The minimum Gasteiger partial charge on any atom is -0.330 e. The Morgan fingerprint density at radius 1 is 1.33 bits per heavy atom. The minimum absolute atomic E-state index is 0.0339. The topological polar surface area (TPSA) is 63.5 Å². The first kappa shape index (κ1) is 12.8. The van der Waals surface area contributed by atoms with Crippen LogP contribution in [0.1, 0.15) is 25.5 Å². The molecule has 5 nitrogen and oxygen atoms in total. The first-order chi connectivity index (χ1) is 8.43. The Kier molecular flexibility index (Phi) is 3.26. The maximum atomic E-state index is 11.6. The van der Waals surface area contributed by atoms with Gasteiger partial charge in [-0.15, -0.1) is 11.6 Å². The van der Waals surface area contributed by atoms with Crippen molar-refractivity contribution in [1.29, 1.82) is 0 Å². The predicted molar refractivity (Wildman–Crippen MR) is 67.5 cm³/mol. The van der Waals surface area contributed by atoms with E-state index in [1.807, 2.05) is 13.8 Å². The molecule has 0 bridgehead atoms. The summed E-state index contributed by atoms with van der Waals surface area (Å²) in [6.07, 6.45) is 0. The lowest BCUT2D eigenvalue weighted by atomic mass is 9.91. The summed E-state index contributed by atoms with van der Waals surface area (Å²) in [5, 5.41) is 9.99. The van der Waals surface area contributed by atoms with Gasteiger partial charge in [-0.3, -0.25) is 14.9 Å². The molecule has 1 amide bonds. The van der Waals surface area contributed by atoms with E-state index in [-0.39, 0.29) is 23.7 Å². The highest BCUT2D eigenvalue weighted by Crippen LogP contribution is 2.40. The van der Waals surface area contributed by atoms with Crippen LogP contribution < -0.4 is 0 Å². The molecule has 0 radical (unpaired) electrons. The van der Waals surface area contributed by atoms with E-state index in [2.05, 4.69) is 0 Å². The van der Waals surface area contributed by atoms with Crippen molar-refractivity contribution in [3.63, 3.8) is 0 Å². The number of alkyl halides is 1. The fraction of sp³-hybridized carbons (Fsp3) is 0.417. The normalized spacial score (nSPS) is 23.1. The smallest absolute Gasteiger partial charge is 0.269 e. The number of carbonyl (C=O) groups is 1. The second-order valence-corrected chi connectivity index (χ2v) is 5.00. The lowest BCUT2D eigenvalue weighted by Gasteiger charge is -2.47. The number of hydrogen-bond acceptors (Lipinski definition) is 3. The van der Waals surface area contributed by atoms with Crippen molar-refractivity contribution in [2.24, 2.45) is 0 Å². The fourth-order valence-electron chi connectivity index (χ4n) is 2.17. The highest BCUT2D eigenvalue weighted by molar-refractivity contribution is 6.33. The van der Waals surface area contributed by atoms with Gasteiger partial charge in [-0.1, -0.05) is 12.1 Å². The molecule has 1 saturated heterocycles. The quantitative estimate of drug-likeness (QED) is 0.366. The lowest BCUT2D eigenvalue weighted by Crippen LogP contribution is -2.58. The molecule has 1 aliphatic rings. The standard InChI is InChI=1S/C12H13ClN2O3/c1-7(2)14-11(10(13)12(14)16)8-3-5-9(6-4-8)15(17)18/h3-7,10-11H,1-2H3/t10-,11+/m1/s1. The van der Waals surface area contributed by atoms with Gasteiger partial charge in [-0.25, -0.2) is 0 Å². The molecular formula is C12H13ClN2O3. The molecule has 6 heteroatoms. The molecule has 1 heterocycles. The third kappa shape index (κ3) is 1.95. The average molecular weight is 269 g/mol. The van der Waals surface area contributed by atoms with Gasteiger partial charge in [0.25, 0.3) is 5.69 Å². The molecule has 0 aromatic heterocycles. The molecule has 2 atom stereocenters. The number of amides is 1. The molecule has 0 spiro atoms. The zero-order valence-electron chi connectivity index (χ0n) is 10.0. The number of hydrogen-bond donors (Lipinski definition) is 0. The highest BCUT2D eigenvalue weighted by atomic mass is 35.5. The summed E-state index contributed by atoms with van der Waals surface area (Å²) in [5.74, 6) is -0.0879. The number of rotatable bonds is 3. The molecule has 1 fully saturated rings. The van der Waals surface area contributed by atoms with Crippen molar-refractivity contribution < 1.29 is 9.72 Å². The second-order valence-electron chi connectivity index (χ2n) is 4.53. The number of nitro groups is 1. The van der Waals surface area contributed by atoms with Crippen LogP contribution in [0, 0.1) is 10.1 Å². The SMILES string of the molecule is CC(C)N1C(=O)[C@H](Cl)[C@@H]1c1ccc([N+](=O)[O-])cc1. The summed E-state index contributed by atoms with van der Waals surface area (Å²) in [7, 11) is 0. The van der Waals surface area contributed by atoms with E-state index in [4.69, 9.17) is 11.6 Å². The summed E-state index contributed by atoms with van der Waals surface area (Å²) in [6.45, 7) is 3.83. The summed E-state index contributed by atoms with van der Waals surface area (Å²) in [6, 6.07) is 6.04. The van der Waals surface area contributed by atoms with Gasteiger partial charge >= 0.3 is 0 Å². The van der Waals surface area contributed by atoms with Crippen LogP contribution in [0.25, 0.3) is 0 Å². The van der Waals surface area contributed by atoms with Gasteiger partial charge in [0.1, 0.15) is 5.38 Å². The van der Waals surface area contributed by atoms with E-state index in [1.54, 1.807) is 17.0 Å². The van der Waals surface area contributed by atoms with Crippen LogP contribution in [-0.2, 0) is 4.79 Å². The minimum atomic E-state index is -0.575. The van der Waals surface area contributed by atoms with E-state index in [9.17, 15) is 14.9 Å². The van der Waals surface area contributed by atoms with Crippen molar-refractivity contribution in [2.75, 3.05) is 0 Å². The molecule has 1 aromatic rings. The van der Waals surface area contributed by atoms with Crippen LogP contribution in [0.5, 0.6) is 0 Å². The number of halogens is 1. The first-order valence-electron chi connectivity index (χ1n) is 5.64. The molecule has 0 unspecified atom stereocenters. The van der Waals surface area contributed by atoms with Crippen molar-refractivity contribution >= 4 is 23.2 Å². The molecule has 2 rings (SSSR count). The maximum Gasteiger partial charge on any atom is 0.269 e. The van der Waals surface area contributed by atoms with Crippen molar-refractivity contribution in [3.8, 4) is 0 Å². The summed E-state index contributed by atoms with van der Waals surface area (Å²) in [4.78, 5) is 23.5. The third-order valence-electron chi connectivity index (χ3n) is 3.07. The monoisotopic (exact) mass is 268 g/mol. The molecule has 0 aliphatic carbocycles. The number of nitro benzene ring substituents is 1. The van der Waals surface area contributed by atoms with E-state index in [0.29, 0.717) is 0 Å². The van der Waals surface area contributed by atoms with Crippen LogP contribution in [0.4, 0.5) is 5.69 Å². The zero-order chi connectivity index (χ0) is 13.4. The van der Waals surface area contributed by atoms with Crippen LogP contribution in [0.2, 0.25) is 0 Å². The summed E-state index contributed by atoms with van der Waals surface area (Å²) in [5.41, 5.74) is 0.862. The third-order valence-corrected chi connectivity index (χ3v) is 3.49. The van der Waals surface area contributed by atoms with Gasteiger partial charge in [0.2, 0.25) is 5.91 Å². The van der Waals surface area contributed by atoms with Crippen molar-refractivity contribution in [1.82, 2.24) is 4.90 Å². The lowest BCUT2D eigenvalue weighted by molar-refractivity contribution is -0.384. The first-order valence-corrected chi connectivity index (χ1v) is 6.07. The highest BCUT2D eigenvalue weighted by Gasteiger charge is 2.48. The van der Waals surface area contributed by atoms with E-state index >= 15 is 0 Å². The van der Waals surface area contributed by atoms with Crippen molar-refractivity contribution in [2.45, 2.75) is 31.3 Å². The Balaban J connectivity index is 2.26. The second kappa shape index (κ2) is 4.57. The number of carbonyl (C=O) groups excluding carboxylic acids is 1. The Morgan fingerprint density at radius 2 is 1.89 bits per heavy atom. The predicted octanol–water partition coefficient (Wildman–Crippen LogP) is 2.49. The van der Waals surface area contributed by atoms with Crippen LogP contribution in [0.3, 0.4) is 0 Å². The van der Waals surface area contributed by atoms with E-state index in [1.165, 1.54) is 12.1 Å². The number of benzene rings is 1. The average Bonchev–Trinajstić information content (AvgIpc) is 2.34. The summed E-state index contributed by atoms with van der Waals surface area (Å²) < 4.78 is 0.